The highest BCUT2D eigenvalue weighted by atomic mass is 19.1. The quantitative estimate of drug-likeness (QED) is 0.776. The topological polar surface area (TPSA) is 24.9 Å². The van der Waals surface area contributed by atoms with E-state index < -0.39 is 0 Å². The molecule has 1 N–H and O–H groups in total. The fourth-order valence-electron chi connectivity index (χ4n) is 1.94. The van der Waals surface area contributed by atoms with Gasteiger partial charge in [-0.25, -0.2) is 4.39 Å². The van der Waals surface area contributed by atoms with Crippen LogP contribution in [0.5, 0.6) is 0 Å². The number of hydrogen-bond donors (Lipinski definition) is 1. The lowest BCUT2D eigenvalue weighted by atomic mass is 9.93. The van der Waals surface area contributed by atoms with Gasteiger partial charge in [0.05, 0.1) is 0 Å². The van der Waals surface area contributed by atoms with Gasteiger partial charge in [0.1, 0.15) is 5.82 Å². The van der Waals surface area contributed by atoms with Gasteiger partial charge in [0.2, 0.25) is 0 Å². The second-order valence-corrected chi connectivity index (χ2v) is 3.86. The minimum atomic E-state index is -0.177. The second kappa shape index (κ2) is 4.51. The Morgan fingerprint density at radius 1 is 1.43 bits per heavy atom. The molecule has 0 aromatic carbocycles. The first-order valence-corrected chi connectivity index (χ1v) is 5.16. The maximum Gasteiger partial charge on any atom is 0.126 e. The zero-order valence-electron chi connectivity index (χ0n) is 8.17. The number of nitrogens with one attached hydrogen (secondary N) is 1. The number of halogens is 1. The molecule has 14 heavy (non-hydrogen) atoms. The summed E-state index contributed by atoms with van der Waals surface area (Å²) < 4.78 is 12.9. The third kappa shape index (κ3) is 2.51. The first kappa shape index (κ1) is 9.59. The monoisotopic (exact) mass is 194 g/mol. The van der Waals surface area contributed by atoms with Crippen LogP contribution in [0.1, 0.15) is 18.5 Å². The molecule has 2 heterocycles. The molecule has 76 valence electrons. The second-order valence-electron chi connectivity index (χ2n) is 3.86. The van der Waals surface area contributed by atoms with E-state index in [-0.39, 0.29) is 5.82 Å². The molecule has 1 saturated heterocycles. The summed E-state index contributed by atoms with van der Waals surface area (Å²) in [5.74, 6) is 0.495. The van der Waals surface area contributed by atoms with Gasteiger partial charge in [-0.1, -0.05) is 0 Å². The van der Waals surface area contributed by atoms with Crippen LogP contribution in [0.3, 0.4) is 0 Å². The van der Waals surface area contributed by atoms with Crippen molar-refractivity contribution < 1.29 is 4.39 Å². The lowest BCUT2D eigenvalue weighted by Crippen LogP contribution is -2.28. The maximum atomic E-state index is 12.9. The van der Waals surface area contributed by atoms with Crippen molar-refractivity contribution in [1.82, 2.24) is 10.3 Å². The Kier molecular flexibility index (Phi) is 3.09. The molecular formula is C11H15FN2. The highest BCUT2D eigenvalue weighted by Crippen LogP contribution is 2.16. The van der Waals surface area contributed by atoms with E-state index in [1.165, 1.54) is 18.9 Å². The van der Waals surface area contributed by atoms with Crippen molar-refractivity contribution in [3.05, 3.63) is 29.8 Å². The van der Waals surface area contributed by atoms with Crippen LogP contribution in [0.25, 0.3) is 0 Å². The molecule has 1 fully saturated rings. The van der Waals surface area contributed by atoms with Crippen LogP contribution in [0.15, 0.2) is 18.3 Å². The van der Waals surface area contributed by atoms with E-state index in [2.05, 4.69) is 10.3 Å². The minimum absolute atomic E-state index is 0.177. The van der Waals surface area contributed by atoms with Crippen molar-refractivity contribution in [2.75, 3.05) is 13.1 Å². The van der Waals surface area contributed by atoms with Crippen LogP contribution in [-0.2, 0) is 6.42 Å². The number of aromatic nitrogens is 1. The number of rotatable bonds is 2. The predicted molar refractivity (Wildman–Crippen MR) is 53.5 cm³/mol. The molecule has 1 aliphatic rings. The molecule has 1 aliphatic heterocycles. The molecule has 0 spiro atoms. The highest BCUT2D eigenvalue weighted by Gasteiger charge is 2.14. The zero-order chi connectivity index (χ0) is 9.80. The smallest absolute Gasteiger partial charge is 0.126 e. The average molecular weight is 194 g/mol. The Balaban J connectivity index is 1.95. The first-order chi connectivity index (χ1) is 6.84. The minimum Gasteiger partial charge on any atom is -0.317 e. The summed E-state index contributed by atoms with van der Waals surface area (Å²) in [5, 5.41) is 3.32. The standard InChI is InChI=1S/C11H15FN2/c12-10-3-6-14-11(8-10)7-9-1-4-13-5-2-9/h3,6,8-9,13H,1-2,4-5,7H2. The van der Waals surface area contributed by atoms with Gasteiger partial charge < -0.3 is 5.32 Å². The molecule has 2 rings (SSSR count). The summed E-state index contributed by atoms with van der Waals surface area (Å²) >= 11 is 0. The molecule has 0 aliphatic carbocycles. The maximum absolute atomic E-state index is 12.9. The summed E-state index contributed by atoms with van der Waals surface area (Å²) in [6, 6.07) is 2.94. The van der Waals surface area contributed by atoms with Crippen LogP contribution in [0, 0.1) is 11.7 Å². The molecule has 3 heteroatoms. The van der Waals surface area contributed by atoms with Crippen molar-refractivity contribution in [2.45, 2.75) is 19.3 Å². The normalized spacial score (nSPS) is 18.4. The summed E-state index contributed by atoms with van der Waals surface area (Å²) in [5.41, 5.74) is 0.886. The first-order valence-electron chi connectivity index (χ1n) is 5.16. The lowest BCUT2D eigenvalue weighted by Gasteiger charge is -2.21. The Hall–Kier alpha value is -0.960. The van der Waals surface area contributed by atoms with Gasteiger partial charge in [0.25, 0.3) is 0 Å². The van der Waals surface area contributed by atoms with Gasteiger partial charge in [-0.15, -0.1) is 0 Å². The molecule has 1 aromatic heterocycles. The molecular weight excluding hydrogens is 179 g/mol. The van der Waals surface area contributed by atoms with Gasteiger partial charge in [0.15, 0.2) is 0 Å². The van der Waals surface area contributed by atoms with Crippen molar-refractivity contribution in [2.24, 2.45) is 5.92 Å². The van der Waals surface area contributed by atoms with E-state index in [1.54, 1.807) is 12.3 Å². The SMILES string of the molecule is Fc1ccnc(CC2CCNCC2)c1. The van der Waals surface area contributed by atoms with Crippen molar-refractivity contribution in [1.29, 1.82) is 0 Å². The van der Waals surface area contributed by atoms with Crippen LogP contribution in [0.4, 0.5) is 4.39 Å². The highest BCUT2D eigenvalue weighted by molar-refractivity contribution is 5.06. The number of pyridine rings is 1. The molecule has 0 radical (unpaired) electrons. The van der Waals surface area contributed by atoms with Crippen molar-refractivity contribution >= 4 is 0 Å². The fourth-order valence-corrected chi connectivity index (χ4v) is 1.94. The third-order valence-corrected chi connectivity index (χ3v) is 2.74. The molecule has 0 amide bonds. The largest absolute Gasteiger partial charge is 0.317 e. The Morgan fingerprint density at radius 2 is 2.21 bits per heavy atom. The molecule has 0 unspecified atom stereocenters. The van der Waals surface area contributed by atoms with Gasteiger partial charge in [-0.05, 0) is 50.4 Å². The predicted octanol–water partition coefficient (Wildman–Crippen LogP) is 1.76. The molecule has 0 atom stereocenters. The molecule has 0 bridgehead atoms. The van der Waals surface area contributed by atoms with Gasteiger partial charge in [-0.2, -0.15) is 0 Å². The van der Waals surface area contributed by atoms with Crippen molar-refractivity contribution in [3.63, 3.8) is 0 Å². The third-order valence-electron chi connectivity index (χ3n) is 2.74. The Bertz CT molecular complexity index is 295. The average Bonchev–Trinajstić information content (AvgIpc) is 2.19. The number of nitrogens with zero attached hydrogens (tertiary/aromatic N) is 1. The van der Waals surface area contributed by atoms with Crippen LogP contribution < -0.4 is 5.32 Å². The van der Waals surface area contributed by atoms with Crippen LogP contribution in [0.2, 0.25) is 0 Å². The number of piperidine rings is 1. The van der Waals surface area contributed by atoms with E-state index in [0.29, 0.717) is 5.92 Å². The van der Waals surface area contributed by atoms with E-state index in [4.69, 9.17) is 0 Å². The van der Waals surface area contributed by atoms with Gasteiger partial charge in [-0.3, -0.25) is 4.98 Å². The van der Waals surface area contributed by atoms with Crippen molar-refractivity contribution in [3.8, 4) is 0 Å². The molecule has 1 aromatic rings. The van der Waals surface area contributed by atoms with E-state index in [1.807, 2.05) is 0 Å². The number of hydrogen-bond acceptors (Lipinski definition) is 2. The Morgan fingerprint density at radius 3 is 2.93 bits per heavy atom. The van der Waals surface area contributed by atoms with Gasteiger partial charge in [0, 0.05) is 11.9 Å². The Labute approximate surface area is 83.6 Å². The summed E-state index contributed by atoms with van der Waals surface area (Å²) in [4.78, 5) is 4.17. The van der Waals surface area contributed by atoms with E-state index in [0.717, 1.165) is 25.2 Å². The molecule has 0 saturated carbocycles. The lowest BCUT2D eigenvalue weighted by molar-refractivity contribution is 0.369. The fraction of sp³-hybridized carbons (Fsp3) is 0.545. The van der Waals surface area contributed by atoms with Crippen LogP contribution >= 0.6 is 0 Å². The van der Waals surface area contributed by atoms with E-state index >= 15 is 0 Å². The summed E-state index contributed by atoms with van der Waals surface area (Å²) in [6.07, 6.45) is 4.82. The van der Waals surface area contributed by atoms with Crippen LogP contribution in [-0.4, -0.2) is 18.1 Å². The summed E-state index contributed by atoms with van der Waals surface area (Å²) in [6.45, 7) is 2.17. The van der Waals surface area contributed by atoms with Gasteiger partial charge >= 0.3 is 0 Å². The summed E-state index contributed by atoms with van der Waals surface area (Å²) in [7, 11) is 0. The molecule has 2 nitrogen and oxygen atoms in total. The zero-order valence-corrected chi connectivity index (χ0v) is 8.17. The van der Waals surface area contributed by atoms with E-state index in [9.17, 15) is 4.39 Å².